The van der Waals surface area contributed by atoms with E-state index in [1.807, 2.05) is 37.3 Å². The van der Waals surface area contributed by atoms with E-state index in [4.69, 9.17) is 0 Å². The molecule has 1 aliphatic rings. The van der Waals surface area contributed by atoms with Gasteiger partial charge < -0.3 is 10.6 Å². The Kier molecular flexibility index (Phi) is 5.08. The van der Waals surface area contributed by atoms with Crippen LogP contribution < -0.4 is 10.6 Å². The molecule has 0 atom stereocenters. The van der Waals surface area contributed by atoms with Gasteiger partial charge in [0, 0.05) is 23.4 Å². The Balaban J connectivity index is 1.75. The van der Waals surface area contributed by atoms with Gasteiger partial charge in [-0.3, -0.25) is 4.79 Å². The summed E-state index contributed by atoms with van der Waals surface area (Å²) in [5.74, 6) is 2.37. The minimum atomic E-state index is 0.0529. The maximum absolute atomic E-state index is 11.5. The smallest absolute Gasteiger partial charge is 0.159 e. The Hall–Kier alpha value is -2.43. The van der Waals surface area contributed by atoms with Crippen molar-refractivity contribution in [2.45, 2.75) is 52.0 Å². The Morgan fingerprint density at radius 2 is 1.83 bits per heavy atom. The predicted molar refractivity (Wildman–Crippen MR) is 97.0 cm³/mol. The molecule has 0 unspecified atom stereocenters. The summed E-state index contributed by atoms with van der Waals surface area (Å²) in [6.07, 6.45) is 6.30. The van der Waals surface area contributed by atoms with Crippen LogP contribution in [0.25, 0.3) is 0 Å². The highest BCUT2D eigenvalue weighted by Gasteiger charge is 2.14. The number of hydrogen-bond donors (Lipinski definition) is 2. The van der Waals surface area contributed by atoms with Crippen molar-refractivity contribution in [2.75, 3.05) is 10.6 Å². The Morgan fingerprint density at radius 3 is 2.58 bits per heavy atom. The zero-order chi connectivity index (χ0) is 16.9. The van der Waals surface area contributed by atoms with Crippen LogP contribution in [0.1, 0.15) is 55.2 Å². The van der Waals surface area contributed by atoms with Gasteiger partial charge in [0.25, 0.3) is 0 Å². The molecule has 1 saturated carbocycles. The molecule has 1 fully saturated rings. The number of ketones is 1. The Morgan fingerprint density at radius 1 is 1.08 bits per heavy atom. The number of aromatic nitrogens is 2. The molecule has 0 aliphatic heterocycles. The van der Waals surface area contributed by atoms with Gasteiger partial charge >= 0.3 is 0 Å². The van der Waals surface area contributed by atoms with Crippen molar-refractivity contribution in [1.82, 2.24) is 9.97 Å². The van der Waals surface area contributed by atoms with Gasteiger partial charge in [0.15, 0.2) is 5.78 Å². The monoisotopic (exact) mass is 324 g/mol. The topological polar surface area (TPSA) is 66.9 Å². The largest absolute Gasteiger partial charge is 0.367 e. The third-order valence-corrected chi connectivity index (χ3v) is 4.34. The number of rotatable bonds is 5. The Bertz CT molecular complexity index is 723. The average molecular weight is 324 g/mol. The fourth-order valence-corrected chi connectivity index (χ4v) is 3.13. The van der Waals surface area contributed by atoms with Gasteiger partial charge in [-0.25, -0.2) is 9.97 Å². The van der Waals surface area contributed by atoms with E-state index in [-0.39, 0.29) is 5.78 Å². The molecule has 0 spiro atoms. The summed E-state index contributed by atoms with van der Waals surface area (Å²) in [5, 5.41) is 6.81. The van der Waals surface area contributed by atoms with Crippen LogP contribution in [0.15, 0.2) is 30.3 Å². The highest BCUT2D eigenvalue weighted by Crippen LogP contribution is 2.23. The summed E-state index contributed by atoms with van der Waals surface area (Å²) in [7, 11) is 0. The molecule has 1 aromatic carbocycles. The molecule has 1 aliphatic carbocycles. The van der Waals surface area contributed by atoms with Crippen LogP contribution in [0.4, 0.5) is 17.3 Å². The quantitative estimate of drug-likeness (QED) is 0.794. The van der Waals surface area contributed by atoms with Crippen molar-refractivity contribution in [3.05, 3.63) is 41.7 Å². The molecular weight excluding hydrogens is 300 g/mol. The first kappa shape index (κ1) is 16.4. The average Bonchev–Trinajstić information content (AvgIpc) is 2.55. The van der Waals surface area contributed by atoms with Crippen LogP contribution in [0.2, 0.25) is 0 Å². The van der Waals surface area contributed by atoms with E-state index >= 15 is 0 Å². The van der Waals surface area contributed by atoms with Gasteiger partial charge in [-0.15, -0.1) is 0 Å². The summed E-state index contributed by atoms with van der Waals surface area (Å²) in [5.41, 5.74) is 1.54. The van der Waals surface area contributed by atoms with Crippen LogP contribution >= 0.6 is 0 Å². The number of aryl methyl sites for hydroxylation is 1. The van der Waals surface area contributed by atoms with Gasteiger partial charge in [0.1, 0.15) is 17.5 Å². The number of carbonyl (C=O) groups excluding carboxylic acids is 1. The van der Waals surface area contributed by atoms with Crippen molar-refractivity contribution in [3.63, 3.8) is 0 Å². The highest BCUT2D eigenvalue weighted by atomic mass is 16.1. The second-order valence-electron chi connectivity index (χ2n) is 6.43. The first-order chi connectivity index (χ1) is 11.6. The fraction of sp³-hybridized carbons (Fsp3) is 0.421. The number of Topliss-reactive ketones (excluding diaryl/α,β-unsaturated/α-hetero) is 1. The number of nitrogens with zero attached hydrogens (tertiary/aromatic N) is 2. The molecule has 0 amide bonds. The van der Waals surface area contributed by atoms with E-state index in [2.05, 4.69) is 20.6 Å². The molecular formula is C19H24N4O. The third-order valence-electron chi connectivity index (χ3n) is 4.34. The number of hydrogen-bond acceptors (Lipinski definition) is 5. The van der Waals surface area contributed by atoms with E-state index in [9.17, 15) is 4.79 Å². The first-order valence-electron chi connectivity index (χ1n) is 8.60. The number of anilines is 3. The van der Waals surface area contributed by atoms with Crippen LogP contribution in [0.5, 0.6) is 0 Å². The SMILES string of the molecule is CC(=O)c1cccc(Nc2cc(NC3CCCCC3)nc(C)n2)c1. The molecule has 0 saturated heterocycles. The van der Waals surface area contributed by atoms with Crippen LogP contribution in [-0.4, -0.2) is 21.8 Å². The van der Waals surface area contributed by atoms with E-state index in [0.717, 1.165) is 23.1 Å². The van der Waals surface area contributed by atoms with Gasteiger partial charge in [0.2, 0.25) is 0 Å². The second-order valence-corrected chi connectivity index (χ2v) is 6.43. The molecule has 3 rings (SSSR count). The molecule has 2 N–H and O–H groups in total. The fourth-order valence-electron chi connectivity index (χ4n) is 3.13. The van der Waals surface area contributed by atoms with Gasteiger partial charge in [0.05, 0.1) is 0 Å². The molecule has 126 valence electrons. The van der Waals surface area contributed by atoms with Gasteiger partial charge in [-0.1, -0.05) is 31.4 Å². The molecule has 24 heavy (non-hydrogen) atoms. The first-order valence-corrected chi connectivity index (χ1v) is 8.60. The lowest BCUT2D eigenvalue weighted by molar-refractivity contribution is 0.101. The molecule has 0 bridgehead atoms. The molecule has 5 heteroatoms. The number of carbonyl (C=O) groups is 1. The second kappa shape index (κ2) is 7.43. The molecule has 0 radical (unpaired) electrons. The van der Waals surface area contributed by atoms with Gasteiger partial charge in [-0.05, 0) is 38.8 Å². The number of benzene rings is 1. The van der Waals surface area contributed by atoms with Crippen LogP contribution in [-0.2, 0) is 0 Å². The summed E-state index contributed by atoms with van der Waals surface area (Å²) in [4.78, 5) is 20.5. The molecule has 1 aromatic heterocycles. The van der Waals surface area contributed by atoms with Crippen molar-refractivity contribution in [3.8, 4) is 0 Å². The maximum atomic E-state index is 11.5. The highest BCUT2D eigenvalue weighted by molar-refractivity contribution is 5.95. The maximum Gasteiger partial charge on any atom is 0.159 e. The van der Waals surface area contributed by atoms with E-state index < -0.39 is 0 Å². The summed E-state index contributed by atoms with van der Waals surface area (Å²) in [6, 6.07) is 9.89. The summed E-state index contributed by atoms with van der Waals surface area (Å²) in [6.45, 7) is 3.46. The van der Waals surface area contributed by atoms with E-state index in [0.29, 0.717) is 11.6 Å². The van der Waals surface area contributed by atoms with Crippen molar-refractivity contribution in [2.24, 2.45) is 0 Å². The zero-order valence-corrected chi connectivity index (χ0v) is 14.3. The van der Waals surface area contributed by atoms with Crippen molar-refractivity contribution < 1.29 is 4.79 Å². The summed E-state index contributed by atoms with van der Waals surface area (Å²) >= 11 is 0. The van der Waals surface area contributed by atoms with Crippen molar-refractivity contribution >= 4 is 23.1 Å². The lowest BCUT2D eigenvalue weighted by atomic mass is 9.95. The molecule has 5 nitrogen and oxygen atoms in total. The minimum absolute atomic E-state index is 0.0529. The van der Waals surface area contributed by atoms with E-state index in [1.165, 1.54) is 32.1 Å². The standard InChI is InChI=1S/C19H24N4O/c1-13(24)15-7-6-10-17(11-15)23-19-12-18(20-14(2)21-19)22-16-8-4-3-5-9-16/h6-7,10-12,16H,3-5,8-9H2,1-2H3,(H2,20,21,22,23). The lowest BCUT2D eigenvalue weighted by Gasteiger charge is -2.23. The zero-order valence-electron chi connectivity index (χ0n) is 14.3. The minimum Gasteiger partial charge on any atom is -0.367 e. The van der Waals surface area contributed by atoms with Crippen molar-refractivity contribution in [1.29, 1.82) is 0 Å². The number of nitrogens with one attached hydrogen (secondary N) is 2. The molecule has 2 aromatic rings. The lowest BCUT2D eigenvalue weighted by Crippen LogP contribution is -2.23. The molecule has 1 heterocycles. The summed E-state index contributed by atoms with van der Waals surface area (Å²) < 4.78 is 0. The van der Waals surface area contributed by atoms with Crippen LogP contribution in [0, 0.1) is 6.92 Å². The van der Waals surface area contributed by atoms with Gasteiger partial charge in [-0.2, -0.15) is 0 Å². The predicted octanol–water partition coefficient (Wildman–Crippen LogP) is 4.48. The normalized spacial score (nSPS) is 15.1. The Labute approximate surface area is 142 Å². The van der Waals surface area contributed by atoms with E-state index in [1.54, 1.807) is 6.92 Å². The third kappa shape index (κ3) is 4.31. The van der Waals surface area contributed by atoms with Crippen LogP contribution in [0.3, 0.4) is 0 Å².